The third-order valence-electron chi connectivity index (χ3n) is 3.68. The molecule has 0 radical (unpaired) electrons. The molecule has 0 spiro atoms. The molecule has 0 fully saturated rings. The average Bonchev–Trinajstić information content (AvgIpc) is 2.76. The van der Waals surface area contributed by atoms with Gasteiger partial charge in [0.05, 0.1) is 0 Å². The molecule has 0 amide bonds. The molecule has 2 aromatic rings. The van der Waals surface area contributed by atoms with Crippen LogP contribution in [0, 0.1) is 5.82 Å². The number of hydrogen-bond donors (Lipinski definition) is 2. The fourth-order valence-corrected chi connectivity index (χ4v) is 2.69. The minimum atomic E-state index is -0.204. The lowest BCUT2D eigenvalue weighted by molar-refractivity contribution is 0.474. The van der Waals surface area contributed by atoms with Gasteiger partial charge in [0.25, 0.3) is 0 Å². The number of phenols is 1. The third kappa shape index (κ3) is 2.31. The van der Waals surface area contributed by atoms with Gasteiger partial charge < -0.3 is 10.4 Å². The maximum atomic E-state index is 13.9. The predicted octanol–water partition coefficient (Wildman–Crippen LogP) is 4.26. The largest absolute Gasteiger partial charge is 0.507 e. The number of aromatic hydroxyl groups is 1. The number of rotatable bonds is 2. The third-order valence-corrected chi connectivity index (χ3v) is 3.68. The summed E-state index contributed by atoms with van der Waals surface area (Å²) in [7, 11) is 0. The molecule has 2 N–H and O–H groups in total. The minimum absolute atomic E-state index is 0.179. The number of halogens is 1. The molecule has 3 rings (SSSR count). The van der Waals surface area contributed by atoms with Crippen LogP contribution in [0.5, 0.6) is 5.75 Å². The first-order valence-electron chi connectivity index (χ1n) is 6.96. The van der Waals surface area contributed by atoms with Crippen LogP contribution in [-0.2, 0) is 6.42 Å². The number of aryl methyl sites for hydroxylation is 1. The van der Waals surface area contributed by atoms with Crippen LogP contribution >= 0.6 is 0 Å². The minimum Gasteiger partial charge on any atom is -0.507 e. The van der Waals surface area contributed by atoms with Crippen molar-refractivity contribution in [2.45, 2.75) is 13.3 Å². The van der Waals surface area contributed by atoms with Crippen LogP contribution in [0.15, 0.2) is 54.8 Å². The van der Waals surface area contributed by atoms with Crippen molar-refractivity contribution < 1.29 is 9.50 Å². The quantitative estimate of drug-likeness (QED) is 0.862. The van der Waals surface area contributed by atoms with Gasteiger partial charge in [0.15, 0.2) is 0 Å². The Bertz CT molecular complexity index is 787. The Morgan fingerprint density at radius 1 is 1.05 bits per heavy atom. The Kier molecular flexibility index (Phi) is 3.48. The van der Waals surface area contributed by atoms with E-state index in [0.717, 1.165) is 16.5 Å². The van der Waals surface area contributed by atoms with Gasteiger partial charge in [0.1, 0.15) is 11.6 Å². The van der Waals surface area contributed by atoms with Gasteiger partial charge in [-0.05, 0) is 47.0 Å². The van der Waals surface area contributed by atoms with Gasteiger partial charge in [0, 0.05) is 17.5 Å². The van der Waals surface area contributed by atoms with Crippen LogP contribution in [0.25, 0.3) is 16.5 Å². The summed E-state index contributed by atoms with van der Waals surface area (Å²) in [5.74, 6) is -0.0251. The molecule has 2 nitrogen and oxygen atoms in total. The first kappa shape index (κ1) is 13.4. The summed E-state index contributed by atoms with van der Waals surface area (Å²) in [6, 6.07) is 6.59. The van der Waals surface area contributed by atoms with E-state index in [-0.39, 0.29) is 11.6 Å². The number of phenolic OH excluding ortho intramolecular Hbond substituents is 1. The average molecular weight is 281 g/mol. The van der Waals surface area contributed by atoms with Crippen LogP contribution in [0.1, 0.15) is 18.1 Å². The zero-order chi connectivity index (χ0) is 14.8. The second-order valence-corrected chi connectivity index (χ2v) is 4.90. The number of fused-ring (bicyclic) bond motifs is 1. The van der Waals surface area contributed by atoms with Gasteiger partial charge in [-0.1, -0.05) is 31.2 Å². The molecule has 106 valence electrons. The van der Waals surface area contributed by atoms with E-state index in [4.69, 9.17) is 0 Å². The van der Waals surface area contributed by atoms with Crippen LogP contribution in [0.3, 0.4) is 0 Å². The second-order valence-electron chi connectivity index (χ2n) is 4.90. The Hall–Kier alpha value is -2.55. The van der Waals surface area contributed by atoms with Crippen LogP contribution in [0.2, 0.25) is 0 Å². The van der Waals surface area contributed by atoms with E-state index < -0.39 is 0 Å². The molecule has 0 aromatic heterocycles. The second kappa shape index (κ2) is 5.44. The molecule has 0 unspecified atom stereocenters. The zero-order valence-corrected chi connectivity index (χ0v) is 11.7. The molecule has 0 bridgehead atoms. The van der Waals surface area contributed by atoms with E-state index in [9.17, 15) is 9.50 Å². The molecule has 21 heavy (non-hydrogen) atoms. The van der Waals surface area contributed by atoms with E-state index >= 15 is 0 Å². The first-order chi connectivity index (χ1) is 10.2. The van der Waals surface area contributed by atoms with Gasteiger partial charge >= 0.3 is 0 Å². The van der Waals surface area contributed by atoms with Crippen molar-refractivity contribution in [2.24, 2.45) is 0 Å². The molecule has 2 aromatic carbocycles. The molecule has 1 aliphatic heterocycles. The standard InChI is InChI=1S/C18H16FNO/c1-2-12-13-8-10-17(21)18(14(13)7-9-15(12)19)16-6-4-3-5-11-20-16/h3-11,20-21H,2H2,1H3. The highest BCUT2D eigenvalue weighted by atomic mass is 19.1. The van der Waals surface area contributed by atoms with E-state index in [0.29, 0.717) is 17.5 Å². The molecule has 1 heterocycles. The van der Waals surface area contributed by atoms with Crippen molar-refractivity contribution in [3.05, 3.63) is 71.7 Å². The maximum Gasteiger partial charge on any atom is 0.127 e. The van der Waals surface area contributed by atoms with Crippen molar-refractivity contribution in [1.29, 1.82) is 0 Å². The maximum absolute atomic E-state index is 13.9. The Balaban J connectivity index is 2.32. The first-order valence-corrected chi connectivity index (χ1v) is 6.96. The van der Waals surface area contributed by atoms with Crippen molar-refractivity contribution in [3.63, 3.8) is 0 Å². The summed E-state index contributed by atoms with van der Waals surface area (Å²) >= 11 is 0. The number of hydrogen-bond acceptors (Lipinski definition) is 2. The van der Waals surface area contributed by atoms with E-state index in [2.05, 4.69) is 5.32 Å². The van der Waals surface area contributed by atoms with E-state index in [1.807, 2.05) is 31.2 Å². The Labute approximate surface area is 122 Å². The lowest BCUT2D eigenvalue weighted by atomic mass is 9.95. The van der Waals surface area contributed by atoms with Crippen molar-refractivity contribution in [3.8, 4) is 5.75 Å². The van der Waals surface area contributed by atoms with Gasteiger partial charge in [-0.2, -0.15) is 0 Å². The number of benzene rings is 2. The summed E-state index contributed by atoms with van der Waals surface area (Å²) in [6.07, 6.45) is 9.98. The summed E-state index contributed by atoms with van der Waals surface area (Å²) in [6.45, 7) is 1.93. The van der Waals surface area contributed by atoms with Gasteiger partial charge in [-0.3, -0.25) is 0 Å². The molecule has 0 aliphatic carbocycles. The Morgan fingerprint density at radius 3 is 2.67 bits per heavy atom. The van der Waals surface area contributed by atoms with Gasteiger partial charge in [-0.25, -0.2) is 4.39 Å². The summed E-state index contributed by atoms with van der Waals surface area (Å²) in [4.78, 5) is 0. The monoisotopic (exact) mass is 281 g/mol. The summed E-state index contributed by atoms with van der Waals surface area (Å²) in [5, 5.41) is 15.1. The molecule has 0 saturated carbocycles. The van der Waals surface area contributed by atoms with Crippen LogP contribution < -0.4 is 5.32 Å². The topological polar surface area (TPSA) is 32.3 Å². The fourth-order valence-electron chi connectivity index (χ4n) is 2.69. The highest BCUT2D eigenvalue weighted by Crippen LogP contribution is 2.34. The highest BCUT2D eigenvalue weighted by molar-refractivity contribution is 5.98. The zero-order valence-electron chi connectivity index (χ0n) is 11.7. The summed E-state index contributed by atoms with van der Waals surface area (Å²) < 4.78 is 13.9. The van der Waals surface area contributed by atoms with Crippen LogP contribution in [0.4, 0.5) is 4.39 Å². The number of allylic oxidation sites excluding steroid dienone is 4. The number of nitrogens with one attached hydrogen (secondary N) is 1. The van der Waals surface area contributed by atoms with Gasteiger partial charge in [0.2, 0.25) is 0 Å². The van der Waals surface area contributed by atoms with Crippen molar-refractivity contribution in [1.82, 2.24) is 5.32 Å². The molecule has 1 aliphatic rings. The molecular weight excluding hydrogens is 265 g/mol. The van der Waals surface area contributed by atoms with Crippen LogP contribution in [-0.4, -0.2) is 5.11 Å². The van der Waals surface area contributed by atoms with E-state index in [1.165, 1.54) is 6.07 Å². The lowest BCUT2D eigenvalue weighted by Gasteiger charge is -2.14. The highest BCUT2D eigenvalue weighted by Gasteiger charge is 2.15. The van der Waals surface area contributed by atoms with Crippen molar-refractivity contribution in [2.75, 3.05) is 0 Å². The predicted molar refractivity (Wildman–Crippen MR) is 84.3 cm³/mol. The van der Waals surface area contributed by atoms with E-state index in [1.54, 1.807) is 24.4 Å². The normalized spacial score (nSPS) is 13.9. The molecule has 0 atom stereocenters. The van der Waals surface area contributed by atoms with Crippen molar-refractivity contribution >= 4 is 16.5 Å². The SMILES string of the molecule is CCc1c(F)ccc2c(C3=CC=CC=CN3)c(O)ccc12. The lowest BCUT2D eigenvalue weighted by Crippen LogP contribution is -2.04. The molecule has 0 saturated heterocycles. The smallest absolute Gasteiger partial charge is 0.127 e. The summed E-state index contributed by atoms with van der Waals surface area (Å²) in [5.41, 5.74) is 2.16. The van der Waals surface area contributed by atoms with Gasteiger partial charge in [-0.15, -0.1) is 0 Å². The molecule has 3 heteroatoms. The fraction of sp³-hybridized carbons (Fsp3) is 0.111. The Morgan fingerprint density at radius 2 is 1.86 bits per heavy atom. The molecular formula is C18H16FNO.